The molecule has 0 saturated heterocycles. The maximum Gasteiger partial charge on any atom is 0.0897 e. The molecule has 0 amide bonds. The Balaban J connectivity index is 3.09. The summed E-state index contributed by atoms with van der Waals surface area (Å²) in [5.74, 6) is 0. The van der Waals surface area contributed by atoms with E-state index in [4.69, 9.17) is 14.2 Å². The number of nitrogens with one attached hydrogen (secondary N) is 1. The molecular formula is C12H27NO4. The SMILES string of the molecule is CCOCCCNCC(O)COCCOCC. The highest BCUT2D eigenvalue weighted by molar-refractivity contribution is 4.58. The van der Waals surface area contributed by atoms with Gasteiger partial charge in [-0.2, -0.15) is 0 Å². The fraction of sp³-hybridized carbons (Fsp3) is 1.00. The van der Waals surface area contributed by atoms with Gasteiger partial charge in [0.15, 0.2) is 0 Å². The second kappa shape index (κ2) is 13.9. The molecule has 0 aromatic rings. The zero-order valence-corrected chi connectivity index (χ0v) is 11.1. The van der Waals surface area contributed by atoms with Gasteiger partial charge >= 0.3 is 0 Å². The number of aliphatic hydroxyl groups is 1. The maximum absolute atomic E-state index is 9.55. The summed E-state index contributed by atoms with van der Waals surface area (Å²) < 4.78 is 15.6. The highest BCUT2D eigenvalue weighted by Gasteiger charge is 2.02. The molecule has 0 spiro atoms. The normalized spacial score (nSPS) is 12.9. The zero-order valence-electron chi connectivity index (χ0n) is 11.1. The van der Waals surface area contributed by atoms with Crippen LogP contribution < -0.4 is 5.32 Å². The molecule has 1 unspecified atom stereocenters. The molecule has 0 fully saturated rings. The Morgan fingerprint density at radius 1 is 1.00 bits per heavy atom. The van der Waals surface area contributed by atoms with E-state index in [1.54, 1.807) is 0 Å². The summed E-state index contributed by atoms with van der Waals surface area (Å²) in [4.78, 5) is 0. The molecule has 2 N–H and O–H groups in total. The Bertz CT molecular complexity index is 146. The third-order valence-electron chi connectivity index (χ3n) is 2.11. The quantitative estimate of drug-likeness (QED) is 0.463. The minimum Gasteiger partial charge on any atom is -0.389 e. The minimum absolute atomic E-state index is 0.353. The second-order valence-electron chi connectivity index (χ2n) is 3.68. The van der Waals surface area contributed by atoms with Crippen molar-refractivity contribution in [2.45, 2.75) is 26.4 Å². The predicted molar refractivity (Wildman–Crippen MR) is 67.3 cm³/mol. The van der Waals surface area contributed by atoms with E-state index in [-0.39, 0.29) is 0 Å². The highest BCUT2D eigenvalue weighted by Crippen LogP contribution is 1.86. The Morgan fingerprint density at radius 2 is 1.65 bits per heavy atom. The van der Waals surface area contributed by atoms with E-state index in [1.165, 1.54) is 0 Å². The molecule has 5 heteroatoms. The van der Waals surface area contributed by atoms with Crippen LogP contribution in [0.3, 0.4) is 0 Å². The van der Waals surface area contributed by atoms with Crippen molar-refractivity contribution < 1.29 is 19.3 Å². The third kappa shape index (κ3) is 13.7. The van der Waals surface area contributed by atoms with Gasteiger partial charge in [-0.15, -0.1) is 0 Å². The largest absolute Gasteiger partial charge is 0.389 e. The van der Waals surface area contributed by atoms with Crippen molar-refractivity contribution in [3.05, 3.63) is 0 Å². The predicted octanol–water partition coefficient (Wildman–Crippen LogP) is 0.417. The van der Waals surface area contributed by atoms with E-state index in [2.05, 4.69) is 5.32 Å². The lowest BCUT2D eigenvalue weighted by Gasteiger charge is -2.12. The van der Waals surface area contributed by atoms with Crippen molar-refractivity contribution in [3.63, 3.8) is 0 Å². The van der Waals surface area contributed by atoms with Crippen LogP contribution in [0.5, 0.6) is 0 Å². The molecule has 0 heterocycles. The zero-order chi connectivity index (χ0) is 12.8. The van der Waals surface area contributed by atoms with E-state index in [9.17, 15) is 5.11 Å². The summed E-state index contributed by atoms with van der Waals surface area (Å²) >= 11 is 0. The average molecular weight is 249 g/mol. The monoisotopic (exact) mass is 249 g/mol. The van der Waals surface area contributed by atoms with Gasteiger partial charge in [-0.05, 0) is 26.8 Å². The first-order valence-corrected chi connectivity index (χ1v) is 6.43. The van der Waals surface area contributed by atoms with Crippen molar-refractivity contribution >= 4 is 0 Å². The summed E-state index contributed by atoms with van der Waals surface area (Å²) in [6.45, 7) is 9.05. The maximum atomic E-state index is 9.55. The molecule has 0 aromatic carbocycles. The van der Waals surface area contributed by atoms with Crippen molar-refractivity contribution in [1.29, 1.82) is 0 Å². The van der Waals surface area contributed by atoms with Crippen molar-refractivity contribution in [2.24, 2.45) is 0 Å². The van der Waals surface area contributed by atoms with Gasteiger partial charge in [-0.3, -0.25) is 0 Å². The van der Waals surface area contributed by atoms with Gasteiger partial charge in [0.25, 0.3) is 0 Å². The smallest absolute Gasteiger partial charge is 0.0897 e. The van der Waals surface area contributed by atoms with Crippen LogP contribution in [-0.4, -0.2) is 63.9 Å². The Hall–Kier alpha value is -0.200. The minimum atomic E-state index is -0.455. The lowest BCUT2D eigenvalue weighted by atomic mass is 10.3. The van der Waals surface area contributed by atoms with E-state index in [0.717, 1.165) is 26.2 Å². The molecule has 0 saturated carbocycles. The lowest BCUT2D eigenvalue weighted by Crippen LogP contribution is -2.31. The average Bonchev–Trinajstić information content (AvgIpc) is 2.33. The van der Waals surface area contributed by atoms with E-state index >= 15 is 0 Å². The van der Waals surface area contributed by atoms with Gasteiger partial charge in [0.1, 0.15) is 0 Å². The van der Waals surface area contributed by atoms with E-state index in [0.29, 0.717) is 33.0 Å². The fourth-order valence-electron chi connectivity index (χ4n) is 1.25. The van der Waals surface area contributed by atoms with Gasteiger partial charge in [-0.25, -0.2) is 0 Å². The number of hydrogen-bond donors (Lipinski definition) is 2. The van der Waals surface area contributed by atoms with Gasteiger partial charge in [-0.1, -0.05) is 0 Å². The summed E-state index contributed by atoms with van der Waals surface area (Å²) in [6, 6.07) is 0. The lowest BCUT2D eigenvalue weighted by molar-refractivity contribution is 0.00641. The molecule has 0 bridgehead atoms. The van der Waals surface area contributed by atoms with Gasteiger partial charge in [0, 0.05) is 26.4 Å². The summed E-state index contributed by atoms with van der Waals surface area (Å²) in [6.07, 6.45) is 0.509. The van der Waals surface area contributed by atoms with Crippen LogP contribution in [0.2, 0.25) is 0 Å². The van der Waals surface area contributed by atoms with Crippen LogP contribution in [-0.2, 0) is 14.2 Å². The molecule has 0 aliphatic rings. The first-order chi connectivity index (χ1) is 8.31. The Labute approximate surface area is 104 Å². The van der Waals surface area contributed by atoms with Crippen molar-refractivity contribution in [2.75, 3.05) is 52.7 Å². The number of rotatable bonds is 13. The topological polar surface area (TPSA) is 60.0 Å². The van der Waals surface area contributed by atoms with Gasteiger partial charge < -0.3 is 24.6 Å². The number of hydrogen-bond acceptors (Lipinski definition) is 5. The third-order valence-corrected chi connectivity index (χ3v) is 2.11. The molecule has 0 aromatic heterocycles. The summed E-state index contributed by atoms with van der Waals surface area (Å²) in [5, 5.41) is 12.7. The Kier molecular flexibility index (Phi) is 13.7. The molecule has 0 aliphatic heterocycles. The Morgan fingerprint density at radius 3 is 2.35 bits per heavy atom. The van der Waals surface area contributed by atoms with Crippen molar-refractivity contribution in [3.8, 4) is 0 Å². The van der Waals surface area contributed by atoms with Crippen molar-refractivity contribution in [1.82, 2.24) is 5.32 Å². The first kappa shape index (κ1) is 16.8. The van der Waals surface area contributed by atoms with Gasteiger partial charge in [0.05, 0.1) is 25.9 Å². The molecular weight excluding hydrogens is 222 g/mol. The number of aliphatic hydroxyl groups excluding tert-OH is 1. The van der Waals surface area contributed by atoms with Crippen LogP contribution in [0.25, 0.3) is 0 Å². The molecule has 5 nitrogen and oxygen atoms in total. The van der Waals surface area contributed by atoms with E-state index < -0.39 is 6.10 Å². The highest BCUT2D eigenvalue weighted by atomic mass is 16.5. The van der Waals surface area contributed by atoms with Gasteiger partial charge in [0.2, 0.25) is 0 Å². The molecule has 104 valence electrons. The second-order valence-corrected chi connectivity index (χ2v) is 3.68. The molecule has 1 atom stereocenters. The number of ether oxygens (including phenoxy) is 3. The van der Waals surface area contributed by atoms with E-state index in [1.807, 2.05) is 13.8 Å². The molecule has 17 heavy (non-hydrogen) atoms. The van der Waals surface area contributed by atoms with Crippen LogP contribution >= 0.6 is 0 Å². The fourth-order valence-corrected chi connectivity index (χ4v) is 1.25. The molecule has 0 aliphatic carbocycles. The van der Waals surface area contributed by atoms with Crippen LogP contribution in [0, 0.1) is 0 Å². The van der Waals surface area contributed by atoms with Crippen LogP contribution in [0.4, 0.5) is 0 Å². The summed E-state index contributed by atoms with van der Waals surface area (Å²) in [5.41, 5.74) is 0. The summed E-state index contributed by atoms with van der Waals surface area (Å²) in [7, 11) is 0. The van der Waals surface area contributed by atoms with Crippen LogP contribution in [0.15, 0.2) is 0 Å². The molecule has 0 radical (unpaired) electrons. The van der Waals surface area contributed by atoms with Crippen LogP contribution in [0.1, 0.15) is 20.3 Å². The molecule has 0 rings (SSSR count). The standard InChI is InChI=1S/C12H27NO4/c1-3-15-7-5-6-13-10-12(14)11-17-9-8-16-4-2/h12-14H,3-11H2,1-2H3. The first-order valence-electron chi connectivity index (χ1n) is 6.43.